The van der Waals surface area contributed by atoms with Gasteiger partial charge in [0.2, 0.25) is 0 Å². The molecule has 0 radical (unpaired) electrons. The van der Waals surface area contributed by atoms with Crippen molar-refractivity contribution in [2.45, 2.75) is 26.4 Å². The highest BCUT2D eigenvalue weighted by molar-refractivity contribution is 6.32. The van der Waals surface area contributed by atoms with Crippen LogP contribution in [0.1, 0.15) is 20.3 Å². The number of carbonyl (C=O) groups excluding carboxylic acids is 1. The van der Waals surface area contributed by atoms with Crippen molar-refractivity contribution >= 4 is 17.6 Å². The summed E-state index contributed by atoms with van der Waals surface area (Å²) in [5.74, 6) is 0.850. The van der Waals surface area contributed by atoms with E-state index in [4.69, 9.17) is 21.4 Å². The molecule has 5 nitrogen and oxygen atoms in total. The average Bonchev–Trinajstić information content (AvgIpc) is 2.46. The molecule has 0 aliphatic rings. The van der Waals surface area contributed by atoms with Gasteiger partial charge in [0.25, 0.3) is 0 Å². The molecule has 118 valence electrons. The van der Waals surface area contributed by atoms with Gasteiger partial charge in [-0.2, -0.15) is 0 Å². The number of ether oxygens (including phenoxy) is 1. The molecule has 1 aromatic rings. The van der Waals surface area contributed by atoms with Crippen molar-refractivity contribution < 1.29 is 14.6 Å². The maximum absolute atomic E-state index is 11.6. The van der Waals surface area contributed by atoms with Crippen LogP contribution in [0.15, 0.2) is 24.3 Å². The lowest BCUT2D eigenvalue weighted by molar-refractivity contribution is 0.206. The van der Waals surface area contributed by atoms with E-state index in [1.165, 1.54) is 0 Å². The second-order valence-corrected chi connectivity index (χ2v) is 5.47. The lowest BCUT2D eigenvalue weighted by Crippen LogP contribution is -2.42. The zero-order chi connectivity index (χ0) is 15.7. The van der Waals surface area contributed by atoms with Crippen molar-refractivity contribution in [2.24, 2.45) is 5.92 Å². The van der Waals surface area contributed by atoms with Crippen LogP contribution in [0.2, 0.25) is 5.02 Å². The van der Waals surface area contributed by atoms with Crippen LogP contribution >= 0.6 is 11.6 Å². The minimum atomic E-state index is -0.241. The Kier molecular flexibility index (Phi) is 7.93. The minimum Gasteiger partial charge on any atom is -0.487 e. The monoisotopic (exact) mass is 314 g/mol. The molecule has 1 aromatic carbocycles. The summed E-state index contributed by atoms with van der Waals surface area (Å²) in [6.07, 6.45) is 0.484. The zero-order valence-corrected chi connectivity index (χ0v) is 13.2. The van der Waals surface area contributed by atoms with Crippen molar-refractivity contribution in [1.29, 1.82) is 0 Å². The van der Waals surface area contributed by atoms with Gasteiger partial charge in [-0.1, -0.05) is 30.7 Å². The van der Waals surface area contributed by atoms with E-state index in [1.54, 1.807) is 12.1 Å². The Morgan fingerprint density at radius 3 is 2.62 bits per heavy atom. The summed E-state index contributed by atoms with van der Waals surface area (Å²) in [5, 5.41) is 14.8. The first kappa shape index (κ1) is 17.6. The Morgan fingerprint density at radius 2 is 1.95 bits per heavy atom. The highest BCUT2D eigenvalue weighted by atomic mass is 35.5. The van der Waals surface area contributed by atoms with Crippen molar-refractivity contribution in [1.82, 2.24) is 10.6 Å². The van der Waals surface area contributed by atoms with Crippen molar-refractivity contribution in [3.63, 3.8) is 0 Å². The van der Waals surface area contributed by atoms with Gasteiger partial charge in [0.05, 0.1) is 11.6 Å². The largest absolute Gasteiger partial charge is 0.487 e. The Balaban J connectivity index is 2.25. The van der Waals surface area contributed by atoms with Gasteiger partial charge in [-0.25, -0.2) is 4.79 Å². The molecule has 0 aromatic heterocycles. The van der Waals surface area contributed by atoms with Crippen LogP contribution in [0.4, 0.5) is 4.79 Å². The van der Waals surface area contributed by atoms with Crippen molar-refractivity contribution in [2.75, 3.05) is 19.7 Å². The third-order valence-electron chi connectivity index (χ3n) is 2.95. The second kappa shape index (κ2) is 9.47. The number of hydrogen-bond donors (Lipinski definition) is 3. The number of nitrogens with one attached hydrogen (secondary N) is 2. The minimum absolute atomic E-state index is 0.132. The number of aliphatic hydroxyl groups is 1. The first-order chi connectivity index (χ1) is 10.0. The fourth-order valence-corrected chi connectivity index (χ4v) is 1.87. The molecule has 21 heavy (non-hydrogen) atoms. The number of benzene rings is 1. The molecule has 0 saturated carbocycles. The molecule has 2 atom stereocenters. The highest BCUT2D eigenvalue weighted by Gasteiger charge is 2.09. The van der Waals surface area contributed by atoms with Crippen molar-refractivity contribution in [3.05, 3.63) is 29.3 Å². The average molecular weight is 315 g/mol. The van der Waals surface area contributed by atoms with Crippen LogP contribution in [0.25, 0.3) is 0 Å². The smallest absolute Gasteiger partial charge is 0.314 e. The summed E-state index contributed by atoms with van der Waals surface area (Å²) in [5.41, 5.74) is 0. The van der Waals surface area contributed by atoms with Crippen LogP contribution in [0.5, 0.6) is 5.75 Å². The van der Waals surface area contributed by atoms with E-state index in [0.29, 0.717) is 30.3 Å². The number of carbonyl (C=O) groups is 1. The van der Waals surface area contributed by atoms with Gasteiger partial charge < -0.3 is 20.5 Å². The van der Waals surface area contributed by atoms with E-state index in [-0.39, 0.29) is 24.7 Å². The van der Waals surface area contributed by atoms with Gasteiger partial charge in [-0.3, -0.25) is 0 Å². The third kappa shape index (κ3) is 7.20. The van der Waals surface area contributed by atoms with Gasteiger partial charge in [0.15, 0.2) is 0 Å². The third-order valence-corrected chi connectivity index (χ3v) is 3.26. The van der Waals surface area contributed by atoms with E-state index >= 15 is 0 Å². The molecule has 2 amide bonds. The van der Waals surface area contributed by atoms with Crippen LogP contribution in [-0.2, 0) is 0 Å². The summed E-state index contributed by atoms with van der Waals surface area (Å²) < 4.78 is 5.65. The van der Waals surface area contributed by atoms with Gasteiger partial charge in [-0.05, 0) is 31.4 Å². The van der Waals surface area contributed by atoms with Gasteiger partial charge in [0.1, 0.15) is 11.9 Å². The molecule has 0 aliphatic heterocycles. The lowest BCUT2D eigenvalue weighted by atomic mass is 10.1. The maximum atomic E-state index is 11.6. The summed E-state index contributed by atoms with van der Waals surface area (Å²) in [6, 6.07) is 6.98. The molecule has 0 heterocycles. The Bertz CT molecular complexity index is 443. The second-order valence-electron chi connectivity index (χ2n) is 5.07. The van der Waals surface area contributed by atoms with E-state index in [0.717, 1.165) is 0 Å². The van der Waals surface area contributed by atoms with Crippen molar-refractivity contribution in [3.8, 4) is 5.75 Å². The topological polar surface area (TPSA) is 70.6 Å². The quantitative estimate of drug-likeness (QED) is 0.690. The Morgan fingerprint density at radius 1 is 1.29 bits per heavy atom. The number of rotatable bonds is 8. The van der Waals surface area contributed by atoms with Gasteiger partial charge >= 0.3 is 6.03 Å². The molecular formula is C15H23ClN2O3. The van der Waals surface area contributed by atoms with E-state index in [1.807, 2.05) is 26.0 Å². The first-order valence-electron chi connectivity index (χ1n) is 7.06. The summed E-state index contributed by atoms with van der Waals surface area (Å²) in [6.45, 7) is 4.88. The molecule has 0 bridgehead atoms. The standard InChI is InChI=1S/C15H23ClN2O3/c1-11(7-8-19)9-17-15(20)18-10-12(2)21-14-6-4-3-5-13(14)16/h3-6,11-12,19H,7-10H2,1-2H3,(H2,17,18,20). The lowest BCUT2D eigenvalue weighted by Gasteiger charge is -2.17. The molecular weight excluding hydrogens is 292 g/mol. The Hall–Kier alpha value is -1.46. The normalized spacial score (nSPS) is 13.3. The highest BCUT2D eigenvalue weighted by Crippen LogP contribution is 2.23. The SMILES string of the molecule is CC(CCO)CNC(=O)NCC(C)Oc1ccccc1Cl. The number of para-hydroxylation sites is 1. The number of urea groups is 1. The predicted octanol–water partition coefficient (Wildman–Crippen LogP) is 2.42. The molecule has 0 aliphatic carbocycles. The van der Waals surface area contributed by atoms with Crippen LogP contribution in [0.3, 0.4) is 0 Å². The summed E-state index contributed by atoms with van der Waals surface area (Å²) in [4.78, 5) is 11.6. The molecule has 3 N–H and O–H groups in total. The van der Waals surface area contributed by atoms with E-state index in [2.05, 4.69) is 10.6 Å². The van der Waals surface area contributed by atoms with Crippen LogP contribution in [0, 0.1) is 5.92 Å². The number of halogens is 1. The fourth-order valence-electron chi connectivity index (χ4n) is 1.69. The molecule has 0 spiro atoms. The molecule has 2 unspecified atom stereocenters. The van der Waals surface area contributed by atoms with E-state index < -0.39 is 0 Å². The molecule has 0 fully saturated rings. The maximum Gasteiger partial charge on any atom is 0.314 e. The number of amides is 2. The van der Waals surface area contributed by atoms with Crippen LogP contribution in [-0.4, -0.2) is 36.9 Å². The molecule has 6 heteroatoms. The molecule has 1 rings (SSSR count). The predicted molar refractivity (Wildman–Crippen MR) is 83.8 cm³/mol. The summed E-state index contributed by atoms with van der Waals surface area (Å²) >= 11 is 6.00. The fraction of sp³-hybridized carbons (Fsp3) is 0.533. The zero-order valence-electron chi connectivity index (χ0n) is 12.4. The van der Waals surface area contributed by atoms with Gasteiger partial charge in [-0.15, -0.1) is 0 Å². The molecule has 0 saturated heterocycles. The number of hydrogen-bond acceptors (Lipinski definition) is 3. The number of aliphatic hydroxyl groups excluding tert-OH is 1. The van der Waals surface area contributed by atoms with Crippen LogP contribution < -0.4 is 15.4 Å². The first-order valence-corrected chi connectivity index (χ1v) is 7.44. The summed E-state index contributed by atoms with van der Waals surface area (Å²) in [7, 11) is 0. The Labute approximate surface area is 130 Å². The van der Waals surface area contributed by atoms with E-state index in [9.17, 15) is 4.79 Å². The van der Waals surface area contributed by atoms with Gasteiger partial charge in [0, 0.05) is 13.2 Å².